The summed E-state index contributed by atoms with van der Waals surface area (Å²) in [6.07, 6.45) is 14.1. The number of benzene rings is 1. The van der Waals surface area contributed by atoms with E-state index in [1.807, 2.05) is 0 Å². The van der Waals surface area contributed by atoms with Crippen molar-refractivity contribution >= 4 is 79.0 Å². The normalized spacial score (nSPS) is 11.2. The maximum atomic E-state index is 10.9. The second-order valence-electron chi connectivity index (χ2n) is 6.05. The fourth-order valence-electron chi connectivity index (χ4n) is 2.64. The monoisotopic (exact) mass is 459 g/mol. The SMILES string of the molecule is CCCCCCCCCCCCc1ccc(S(=O)(=O)O)cc1.[Cs]. The van der Waals surface area contributed by atoms with E-state index in [0.29, 0.717) is 0 Å². The Bertz CT molecular complexity index is 498. The van der Waals surface area contributed by atoms with Crippen molar-refractivity contribution < 1.29 is 13.0 Å². The predicted molar refractivity (Wildman–Crippen MR) is 97.6 cm³/mol. The van der Waals surface area contributed by atoms with Crippen LogP contribution in [0.2, 0.25) is 0 Å². The molecule has 0 aliphatic rings. The molecule has 1 aromatic carbocycles. The molecule has 1 N–H and O–H groups in total. The first-order valence-electron chi connectivity index (χ1n) is 8.60. The van der Waals surface area contributed by atoms with Crippen LogP contribution in [0.15, 0.2) is 29.2 Å². The minimum absolute atomic E-state index is 0. The van der Waals surface area contributed by atoms with E-state index < -0.39 is 10.1 Å². The van der Waals surface area contributed by atoms with Crippen molar-refractivity contribution in [2.24, 2.45) is 0 Å². The summed E-state index contributed by atoms with van der Waals surface area (Å²) in [4.78, 5) is -0.0284. The van der Waals surface area contributed by atoms with Crippen LogP contribution in [0.25, 0.3) is 0 Å². The second-order valence-corrected chi connectivity index (χ2v) is 7.47. The number of hydrogen-bond donors (Lipinski definition) is 1. The molecular formula is C18H30CsO3S. The van der Waals surface area contributed by atoms with Gasteiger partial charge >= 0.3 is 0 Å². The van der Waals surface area contributed by atoms with Crippen molar-refractivity contribution in [3.63, 3.8) is 0 Å². The molecule has 3 nitrogen and oxygen atoms in total. The fraction of sp³-hybridized carbons (Fsp3) is 0.667. The Morgan fingerprint density at radius 3 is 1.65 bits per heavy atom. The zero-order chi connectivity index (χ0) is 16.3. The predicted octanol–water partition coefficient (Wildman–Crippen LogP) is 5.02. The zero-order valence-corrected chi connectivity index (χ0v) is 21.9. The second kappa shape index (κ2) is 14.4. The van der Waals surface area contributed by atoms with E-state index in [1.165, 1.54) is 69.9 Å². The molecule has 1 rings (SSSR count). The summed E-state index contributed by atoms with van der Waals surface area (Å²) in [6, 6.07) is 6.52. The number of aryl methyl sites for hydroxylation is 1. The van der Waals surface area contributed by atoms with E-state index in [4.69, 9.17) is 4.55 Å². The molecule has 0 saturated carbocycles. The van der Waals surface area contributed by atoms with Crippen LogP contribution < -0.4 is 0 Å². The van der Waals surface area contributed by atoms with Gasteiger partial charge in [-0.05, 0) is 30.5 Å². The fourth-order valence-corrected chi connectivity index (χ4v) is 3.12. The van der Waals surface area contributed by atoms with Gasteiger partial charge in [0.1, 0.15) is 0 Å². The molecule has 0 amide bonds. The Labute approximate surface area is 201 Å². The molecule has 1 radical (unpaired) electrons. The van der Waals surface area contributed by atoms with Crippen molar-refractivity contribution in [3.05, 3.63) is 29.8 Å². The molecule has 0 atom stereocenters. The molecule has 0 aliphatic carbocycles. The smallest absolute Gasteiger partial charge is 0.282 e. The third kappa shape index (κ3) is 12.2. The van der Waals surface area contributed by atoms with Gasteiger partial charge in [-0.25, -0.2) is 0 Å². The summed E-state index contributed by atoms with van der Waals surface area (Å²) in [7, 11) is -4.06. The van der Waals surface area contributed by atoms with E-state index in [-0.39, 0.29) is 73.8 Å². The summed E-state index contributed by atoms with van der Waals surface area (Å²) in [6.45, 7) is 2.25. The first-order valence-corrected chi connectivity index (χ1v) is 10.0. The molecule has 0 unspecified atom stereocenters. The van der Waals surface area contributed by atoms with E-state index in [0.717, 1.165) is 18.4 Å². The molecule has 0 saturated heterocycles. The van der Waals surface area contributed by atoms with Gasteiger partial charge < -0.3 is 0 Å². The minimum Gasteiger partial charge on any atom is -0.282 e. The van der Waals surface area contributed by atoms with E-state index >= 15 is 0 Å². The van der Waals surface area contributed by atoms with Gasteiger partial charge in [0.2, 0.25) is 0 Å². The summed E-state index contributed by atoms with van der Waals surface area (Å²) < 4.78 is 30.8. The van der Waals surface area contributed by atoms with Crippen LogP contribution in [0.3, 0.4) is 0 Å². The van der Waals surface area contributed by atoms with Crippen LogP contribution in [-0.4, -0.2) is 81.9 Å². The minimum atomic E-state index is -4.06. The molecule has 0 bridgehead atoms. The van der Waals surface area contributed by atoms with Gasteiger partial charge in [-0.1, -0.05) is 76.8 Å². The molecule has 1 aromatic rings. The average molecular weight is 459 g/mol. The Morgan fingerprint density at radius 1 is 0.783 bits per heavy atom. The third-order valence-corrected chi connectivity index (χ3v) is 4.91. The van der Waals surface area contributed by atoms with Gasteiger partial charge in [-0.3, -0.25) is 4.55 Å². The largest absolute Gasteiger partial charge is 0.294 e. The van der Waals surface area contributed by atoms with Gasteiger partial charge in [0.15, 0.2) is 0 Å². The Balaban J connectivity index is 0.00000484. The van der Waals surface area contributed by atoms with Gasteiger partial charge in [-0.15, -0.1) is 0 Å². The van der Waals surface area contributed by atoms with Gasteiger partial charge in [-0.2, -0.15) is 8.42 Å². The average Bonchev–Trinajstić information content (AvgIpc) is 2.49. The Hall–Kier alpha value is 1.18. The van der Waals surface area contributed by atoms with Crippen molar-refractivity contribution in [3.8, 4) is 0 Å². The van der Waals surface area contributed by atoms with Crippen LogP contribution >= 0.6 is 0 Å². The Kier molecular flexibility index (Phi) is 15.1. The molecule has 0 spiro atoms. The summed E-state index contributed by atoms with van der Waals surface area (Å²) in [5.41, 5.74) is 1.13. The topological polar surface area (TPSA) is 54.4 Å². The number of hydrogen-bond acceptors (Lipinski definition) is 2. The van der Waals surface area contributed by atoms with Crippen molar-refractivity contribution in [1.29, 1.82) is 0 Å². The van der Waals surface area contributed by atoms with Crippen LogP contribution in [0, 0.1) is 0 Å². The summed E-state index contributed by atoms with van der Waals surface area (Å²) in [5, 5.41) is 0. The molecule has 5 heteroatoms. The van der Waals surface area contributed by atoms with Gasteiger partial charge in [0.05, 0.1) is 4.90 Å². The standard InChI is InChI=1S/C18H30O3S.Cs/c1-2-3-4-5-6-7-8-9-10-11-12-17-13-15-18(16-14-17)22(19,20)21;/h13-16H,2-12H2,1H3,(H,19,20,21);. The molecule has 0 fully saturated rings. The van der Waals surface area contributed by atoms with Gasteiger partial charge in [0, 0.05) is 68.9 Å². The van der Waals surface area contributed by atoms with E-state index in [9.17, 15) is 8.42 Å². The maximum Gasteiger partial charge on any atom is 0.294 e. The van der Waals surface area contributed by atoms with Crippen LogP contribution in [-0.2, 0) is 16.5 Å². The Morgan fingerprint density at radius 2 is 1.22 bits per heavy atom. The maximum absolute atomic E-state index is 10.9. The molecule has 0 aliphatic heterocycles. The first-order chi connectivity index (χ1) is 10.5. The van der Waals surface area contributed by atoms with Crippen LogP contribution in [0.4, 0.5) is 0 Å². The van der Waals surface area contributed by atoms with Crippen molar-refractivity contribution in [1.82, 2.24) is 0 Å². The molecule has 23 heavy (non-hydrogen) atoms. The zero-order valence-electron chi connectivity index (χ0n) is 14.8. The molecule has 0 heterocycles. The summed E-state index contributed by atoms with van der Waals surface area (Å²) >= 11 is 0. The molecule has 127 valence electrons. The first kappa shape index (κ1) is 24.2. The van der Waals surface area contributed by atoms with Crippen LogP contribution in [0.1, 0.15) is 76.7 Å². The molecule has 0 aromatic heterocycles. The van der Waals surface area contributed by atoms with Crippen LogP contribution in [0.5, 0.6) is 0 Å². The quantitative estimate of drug-likeness (QED) is 0.353. The van der Waals surface area contributed by atoms with E-state index in [2.05, 4.69) is 6.92 Å². The van der Waals surface area contributed by atoms with E-state index in [1.54, 1.807) is 12.1 Å². The summed E-state index contributed by atoms with van der Waals surface area (Å²) in [5.74, 6) is 0. The van der Waals surface area contributed by atoms with Gasteiger partial charge in [0.25, 0.3) is 10.1 Å². The van der Waals surface area contributed by atoms with Crippen molar-refractivity contribution in [2.45, 2.75) is 82.4 Å². The van der Waals surface area contributed by atoms with Crippen molar-refractivity contribution in [2.75, 3.05) is 0 Å². The number of rotatable bonds is 12. The number of unbranched alkanes of at least 4 members (excludes halogenated alkanes) is 9. The third-order valence-electron chi connectivity index (χ3n) is 4.04. The molecular weight excluding hydrogens is 429 g/mol.